The Labute approximate surface area is 180 Å². The predicted molar refractivity (Wildman–Crippen MR) is 121 cm³/mol. The molecule has 0 aliphatic carbocycles. The highest BCUT2D eigenvalue weighted by Crippen LogP contribution is 2.22. The number of likely N-dealkylation sites (tertiary alicyclic amines) is 1. The molecule has 1 aliphatic heterocycles. The number of hydrogen-bond acceptors (Lipinski definition) is 5. The minimum atomic E-state index is -0.0331. The average molecular weight is 411 g/mol. The van der Waals surface area contributed by atoms with Gasteiger partial charge in [-0.2, -0.15) is 0 Å². The largest absolute Gasteiger partial charge is 0.494 e. The third-order valence-electron chi connectivity index (χ3n) is 5.62. The lowest BCUT2D eigenvalue weighted by Crippen LogP contribution is -2.44. The zero-order valence-corrected chi connectivity index (χ0v) is 18.9. The molecule has 1 aromatic heterocycles. The van der Waals surface area contributed by atoms with Gasteiger partial charge < -0.3 is 15.0 Å². The first-order valence-corrected chi connectivity index (χ1v) is 10.8. The average Bonchev–Trinajstić information content (AvgIpc) is 2.71. The SMILES string of the molecule is CCOc1cc(CN2CCC(NC(=O)c3cnc(N(C)C)c(C)c3)CC2)ccc1C. The van der Waals surface area contributed by atoms with Crippen molar-refractivity contribution in [3.8, 4) is 5.75 Å². The Morgan fingerprint density at radius 2 is 1.93 bits per heavy atom. The van der Waals surface area contributed by atoms with Gasteiger partial charge in [0.2, 0.25) is 0 Å². The molecule has 0 saturated carbocycles. The lowest BCUT2D eigenvalue weighted by Gasteiger charge is -2.32. The van der Waals surface area contributed by atoms with Crippen LogP contribution in [0.25, 0.3) is 0 Å². The van der Waals surface area contributed by atoms with Crippen LogP contribution >= 0.6 is 0 Å². The zero-order valence-electron chi connectivity index (χ0n) is 18.9. The second-order valence-corrected chi connectivity index (χ2v) is 8.32. The molecule has 1 fully saturated rings. The summed E-state index contributed by atoms with van der Waals surface area (Å²) in [7, 11) is 3.91. The van der Waals surface area contributed by atoms with Crippen molar-refractivity contribution in [3.63, 3.8) is 0 Å². The standard InChI is InChI=1S/C24H34N4O2/c1-6-30-22-14-19(8-7-17(22)2)16-28-11-9-21(10-12-28)26-24(29)20-13-18(3)23(25-15-20)27(4)5/h7-8,13-15,21H,6,9-12,16H2,1-5H3,(H,26,29). The fraction of sp³-hybridized carbons (Fsp3) is 0.500. The second-order valence-electron chi connectivity index (χ2n) is 8.32. The van der Waals surface area contributed by atoms with E-state index in [9.17, 15) is 4.79 Å². The monoisotopic (exact) mass is 410 g/mol. The van der Waals surface area contributed by atoms with Crippen LogP contribution in [0.4, 0.5) is 5.82 Å². The van der Waals surface area contributed by atoms with Gasteiger partial charge in [0, 0.05) is 46.0 Å². The van der Waals surface area contributed by atoms with Crippen LogP contribution < -0.4 is 15.0 Å². The number of aromatic nitrogens is 1. The molecule has 0 unspecified atom stereocenters. The number of amides is 1. The van der Waals surface area contributed by atoms with Gasteiger partial charge in [0.1, 0.15) is 11.6 Å². The van der Waals surface area contributed by atoms with Gasteiger partial charge in [0.05, 0.1) is 12.2 Å². The molecule has 162 valence electrons. The molecule has 6 heteroatoms. The van der Waals surface area contributed by atoms with Gasteiger partial charge in [-0.05, 0) is 62.4 Å². The van der Waals surface area contributed by atoms with Crippen LogP contribution in [0.1, 0.15) is 46.8 Å². The van der Waals surface area contributed by atoms with E-state index in [1.54, 1.807) is 6.20 Å². The van der Waals surface area contributed by atoms with Crippen LogP contribution in [0, 0.1) is 13.8 Å². The molecule has 1 saturated heterocycles. The van der Waals surface area contributed by atoms with Crippen molar-refractivity contribution in [2.45, 2.75) is 46.2 Å². The number of anilines is 1. The van der Waals surface area contributed by atoms with Gasteiger partial charge in [-0.1, -0.05) is 12.1 Å². The highest BCUT2D eigenvalue weighted by Gasteiger charge is 2.22. The summed E-state index contributed by atoms with van der Waals surface area (Å²) in [5.41, 5.74) is 4.08. The van der Waals surface area contributed by atoms with Crippen LogP contribution in [-0.4, -0.2) is 55.6 Å². The second kappa shape index (κ2) is 9.94. The molecule has 0 bridgehead atoms. The van der Waals surface area contributed by atoms with Crippen LogP contribution in [0.2, 0.25) is 0 Å². The van der Waals surface area contributed by atoms with Crippen LogP contribution in [0.15, 0.2) is 30.5 Å². The van der Waals surface area contributed by atoms with Gasteiger partial charge in [-0.25, -0.2) is 4.98 Å². The summed E-state index contributed by atoms with van der Waals surface area (Å²) >= 11 is 0. The van der Waals surface area contributed by atoms with Crippen molar-refractivity contribution >= 4 is 11.7 Å². The van der Waals surface area contributed by atoms with Gasteiger partial charge in [-0.3, -0.25) is 9.69 Å². The Bertz CT molecular complexity index is 874. The molecule has 6 nitrogen and oxygen atoms in total. The first-order chi connectivity index (χ1) is 14.4. The first kappa shape index (κ1) is 22.1. The highest BCUT2D eigenvalue weighted by atomic mass is 16.5. The Kier molecular flexibility index (Phi) is 7.32. The molecule has 1 amide bonds. The van der Waals surface area contributed by atoms with Crippen molar-refractivity contribution in [2.24, 2.45) is 0 Å². The minimum Gasteiger partial charge on any atom is -0.494 e. The van der Waals surface area contributed by atoms with E-state index in [1.165, 1.54) is 11.1 Å². The van der Waals surface area contributed by atoms with E-state index in [0.717, 1.165) is 49.6 Å². The third kappa shape index (κ3) is 5.51. The van der Waals surface area contributed by atoms with Gasteiger partial charge >= 0.3 is 0 Å². The Hall–Kier alpha value is -2.60. The number of carbonyl (C=O) groups excluding carboxylic acids is 1. The van der Waals surface area contributed by atoms with Crippen LogP contribution in [0.3, 0.4) is 0 Å². The molecule has 3 rings (SSSR count). The maximum Gasteiger partial charge on any atom is 0.253 e. The van der Waals surface area contributed by atoms with Crippen molar-refractivity contribution in [2.75, 3.05) is 38.7 Å². The van der Waals surface area contributed by atoms with Gasteiger partial charge in [-0.15, -0.1) is 0 Å². The number of pyridine rings is 1. The maximum atomic E-state index is 12.7. The zero-order chi connectivity index (χ0) is 21.7. The fourth-order valence-corrected chi connectivity index (χ4v) is 3.98. The molecule has 2 heterocycles. The maximum absolute atomic E-state index is 12.7. The Balaban J connectivity index is 1.51. The molecule has 1 aliphatic rings. The number of hydrogen-bond donors (Lipinski definition) is 1. The van der Waals surface area contributed by atoms with E-state index >= 15 is 0 Å². The van der Waals surface area contributed by atoms with E-state index in [2.05, 4.69) is 40.3 Å². The van der Waals surface area contributed by atoms with E-state index in [4.69, 9.17) is 4.74 Å². The molecular weight excluding hydrogens is 376 g/mol. The molecule has 1 N–H and O–H groups in total. The number of piperidine rings is 1. The smallest absolute Gasteiger partial charge is 0.253 e. The Morgan fingerprint density at radius 3 is 2.57 bits per heavy atom. The summed E-state index contributed by atoms with van der Waals surface area (Å²) < 4.78 is 5.72. The normalized spacial score (nSPS) is 15.1. The molecule has 1 aromatic carbocycles. The van der Waals surface area contributed by atoms with Gasteiger partial charge in [0.25, 0.3) is 5.91 Å². The van der Waals surface area contributed by atoms with Gasteiger partial charge in [0.15, 0.2) is 0 Å². The third-order valence-corrected chi connectivity index (χ3v) is 5.62. The summed E-state index contributed by atoms with van der Waals surface area (Å²) in [5.74, 6) is 1.83. The van der Waals surface area contributed by atoms with E-state index in [0.29, 0.717) is 12.2 Å². The number of nitrogens with one attached hydrogen (secondary N) is 1. The summed E-state index contributed by atoms with van der Waals surface area (Å²) in [6, 6.07) is 8.59. The number of aryl methyl sites for hydroxylation is 2. The lowest BCUT2D eigenvalue weighted by atomic mass is 10.0. The molecule has 30 heavy (non-hydrogen) atoms. The number of benzene rings is 1. The number of ether oxygens (including phenoxy) is 1. The topological polar surface area (TPSA) is 57.7 Å². The van der Waals surface area contributed by atoms with Crippen molar-refractivity contribution in [3.05, 3.63) is 52.7 Å². The molecular formula is C24H34N4O2. The summed E-state index contributed by atoms with van der Waals surface area (Å²) in [5, 5.41) is 3.19. The van der Waals surface area contributed by atoms with Crippen molar-refractivity contribution in [1.29, 1.82) is 0 Å². The number of rotatable bonds is 7. The molecule has 0 radical (unpaired) electrons. The Morgan fingerprint density at radius 1 is 1.20 bits per heavy atom. The van der Waals surface area contributed by atoms with E-state index in [-0.39, 0.29) is 11.9 Å². The van der Waals surface area contributed by atoms with E-state index in [1.807, 2.05) is 38.9 Å². The lowest BCUT2D eigenvalue weighted by molar-refractivity contribution is 0.0908. The van der Waals surface area contributed by atoms with Crippen molar-refractivity contribution < 1.29 is 9.53 Å². The van der Waals surface area contributed by atoms with E-state index < -0.39 is 0 Å². The molecule has 0 spiro atoms. The molecule has 0 atom stereocenters. The highest BCUT2D eigenvalue weighted by molar-refractivity contribution is 5.94. The predicted octanol–water partition coefficient (Wildman–Crippen LogP) is 3.56. The minimum absolute atomic E-state index is 0.0331. The molecule has 2 aromatic rings. The summed E-state index contributed by atoms with van der Waals surface area (Å²) in [6.45, 7) is 9.62. The van der Waals surface area contributed by atoms with Crippen molar-refractivity contribution in [1.82, 2.24) is 15.2 Å². The number of nitrogens with zero attached hydrogens (tertiary/aromatic N) is 3. The van der Waals surface area contributed by atoms with Crippen LogP contribution in [0.5, 0.6) is 5.75 Å². The number of carbonyl (C=O) groups is 1. The van der Waals surface area contributed by atoms with Crippen LogP contribution in [-0.2, 0) is 6.54 Å². The summed E-state index contributed by atoms with van der Waals surface area (Å²) in [6.07, 6.45) is 3.58. The summed E-state index contributed by atoms with van der Waals surface area (Å²) in [4.78, 5) is 21.5. The first-order valence-electron chi connectivity index (χ1n) is 10.8. The quantitative estimate of drug-likeness (QED) is 0.756. The fourth-order valence-electron chi connectivity index (χ4n) is 3.98.